The van der Waals surface area contributed by atoms with E-state index in [1.54, 1.807) is 0 Å². The molecule has 1 atom stereocenters. The van der Waals surface area contributed by atoms with Crippen LogP contribution >= 0.6 is 0 Å². The van der Waals surface area contributed by atoms with Gasteiger partial charge >= 0.3 is 0 Å². The number of sulfonamides is 1. The van der Waals surface area contributed by atoms with Gasteiger partial charge in [0, 0.05) is 19.0 Å². The lowest BCUT2D eigenvalue weighted by molar-refractivity contribution is 0.451. The van der Waals surface area contributed by atoms with E-state index in [0.29, 0.717) is 12.2 Å². The number of benzene rings is 1. The molecule has 0 bridgehead atoms. The lowest BCUT2D eigenvalue weighted by Crippen LogP contribution is -2.30. The smallest absolute Gasteiger partial charge is 0.248 e. The Morgan fingerprint density at radius 2 is 2.00 bits per heavy atom. The molecule has 0 spiro atoms. The number of nitrogens with one attached hydrogen (secondary N) is 1. The topological polar surface area (TPSA) is 79.0 Å². The highest BCUT2D eigenvalue weighted by Gasteiger charge is 2.37. The Kier molecular flexibility index (Phi) is 3.46. The molecule has 0 saturated carbocycles. The lowest BCUT2D eigenvalue weighted by atomic mass is 10.1. The van der Waals surface area contributed by atoms with Crippen LogP contribution in [0.4, 0.5) is 8.78 Å². The van der Waals surface area contributed by atoms with E-state index >= 15 is 0 Å². The second-order valence-corrected chi connectivity index (χ2v) is 6.64. The van der Waals surface area contributed by atoms with Gasteiger partial charge in [0.15, 0.2) is 4.90 Å². The molecule has 1 saturated heterocycles. The highest BCUT2D eigenvalue weighted by Crippen LogP contribution is 2.30. The van der Waals surface area contributed by atoms with E-state index in [1.807, 2.05) is 0 Å². The number of nitrogens with zero attached hydrogens (tertiary/aromatic N) is 3. The zero-order valence-corrected chi connectivity index (χ0v) is 11.6. The van der Waals surface area contributed by atoms with Gasteiger partial charge in [-0.25, -0.2) is 22.2 Å². The highest BCUT2D eigenvalue weighted by molar-refractivity contribution is 7.89. The minimum atomic E-state index is -4.20. The van der Waals surface area contributed by atoms with Gasteiger partial charge in [0.1, 0.15) is 23.8 Å². The summed E-state index contributed by atoms with van der Waals surface area (Å²) in [5, 5.41) is 6.40. The number of aromatic nitrogens is 3. The SMILES string of the molecule is O=S(=O)(c1c(F)cccc1F)N1CCC(c2ncn[nH]2)C1. The number of rotatable bonds is 3. The fourth-order valence-corrected chi connectivity index (χ4v) is 4.05. The summed E-state index contributed by atoms with van der Waals surface area (Å²) in [4.78, 5) is 3.09. The van der Waals surface area contributed by atoms with Gasteiger partial charge in [-0.2, -0.15) is 9.40 Å². The molecule has 1 aromatic heterocycles. The third-order valence-electron chi connectivity index (χ3n) is 3.49. The molecule has 2 heterocycles. The molecule has 1 fully saturated rings. The van der Waals surface area contributed by atoms with E-state index in [1.165, 1.54) is 6.33 Å². The van der Waals surface area contributed by atoms with Crippen LogP contribution in [0.5, 0.6) is 0 Å². The van der Waals surface area contributed by atoms with E-state index in [-0.39, 0.29) is 19.0 Å². The van der Waals surface area contributed by atoms with Gasteiger partial charge in [-0.15, -0.1) is 0 Å². The van der Waals surface area contributed by atoms with Crippen LogP contribution in [-0.4, -0.2) is 41.0 Å². The highest BCUT2D eigenvalue weighted by atomic mass is 32.2. The molecule has 1 aliphatic heterocycles. The van der Waals surface area contributed by atoms with Gasteiger partial charge in [-0.05, 0) is 18.6 Å². The van der Waals surface area contributed by atoms with Crippen molar-refractivity contribution >= 4 is 10.0 Å². The molecule has 0 aliphatic carbocycles. The van der Waals surface area contributed by atoms with Crippen LogP contribution in [0.15, 0.2) is 29.4 Å². The number of hydrogen-bond acceptors (Lipinski definition) is 4. The first-order chi connectivity index (χ1) is 10.00. The van der Waals surface area contributed by atoms with Crippen molar-refractivity contribution in [1.29, 1.82) is 0 Å². The third kappa shape index (κ3) is 2.42. The van der Waals surface area contributed by atoms with Gasteiger partial charge in [0.05, 0.1) is 0 Å². The van der Waals surface area contributed by atoms with Crippen LogP contribution in [0.1, 0.15) is 18.2 Å². The Balaban J connectivity index is 1.90. The molecule has 9 heteroatoms. The molecule has 21 heavy (non-hydrogen) atoms. The average Bonchev–Trinajstić information content (AvgIpc) is 3.09. The molecule has 2 aromatic rings. The minimum Gasteiger partial charge on any atom is -0.263 e. The van der Waals surface area contributed by atoms with E-state index in [9.17, 15) is 17.2 Å². The van der Waals surface area contributed by atoms with E-state index < -0.39 is 26.6 Å². The molecule has 1 aliphatic rings. The van der Waals surface area contributed by atoms with Crippen LogP contribution < -0.4 is 0 Å². The van der Waals surface area contributed by atoms with Crippen molar-refractivity contribution in [2.75, 3.05) is 13.1 Å². The van der Waals surface area contributed by atoms with Crippen molar-refractivity contribution in [1.82, 2.24) is 19.5 Å². The number of halogens is 2. The van der Waals surface area contributed by atoms with Gasteiger partial charge in [-0.1, -0.05) is 6.07 Å². The largest absolute Gasteiger partial charge is 0.263 e. The summed E-state index contributed by atoms with van der Waals surface area (Å²) in [7, 11) is -4.20. The Hall–Kier alpha value is -1.87. The number of H-pyrrole nitrogens is 1. The summed E-state index contributed by atoms with van der Waals surface area (Å²) in [6.45, 7) is 0.298. The predicted octanol–water partition coefficient (Wildman–Crippen LogP) is 1.26. The first-order valence-corrected chi connectivity index (χ1v) is 7.73. The van der Waals surface area contributed by atoms with Gasteiger partial charge in [-0.3, -0.25) is 5.10 Å². The average molecular weight is 314 g/mol. The zero-order chi connectivity index (χ0) is 15.0. The Bertz CT molecular complexity index is 728. The van der Waals surface area contributed by atoms with Crippen LogP contribution in [0.3, 0.4) is 0 Å². The first kappa shape index (κ1) is 14.1. The lowest BCUT2D eigenvalue weighted by Gasteiger charge is -2.17. The van der Waals surface area contributed by atoms with Crippen molar-refractivity contribution < 1.29 is 17.2 Å². The van der Waals surface area contributed by atoms with Crippen molar-refractivity contribution in [2.45, 2.75) is 17.2 Å². The Labute approximate surface area is 119 Å². The van der Waals surface area contributed by atoms with Gasteiger partial charge in [0.2, 0.25) is 10.0 Å². The maximum absolute atomic E-state index is 13.7. The second-order valence-electron chi connectivity index (χ2n) is 4.77. The molecule has 3 rings (SSSR count). The molecule has 1 aromatic carbocycles. The van der Waals surface area contributed by atoms with Crippen LogP contribution in [0, 0.1) is 11.6 Å². The van der Waals surface area contributed by atoms with Crippen molar-refractivity contribution in [3.05, 3.63) is 42.0 Å². The fourth-order valence-electron chi connectivity index (χ4n) is 2.44. The normalized spacial score (nSPS) is 20.0. The number of aromatic amines is 1. The summed E-state index contributed by atoms with van der Waals surface area (Å²) in [6.07, 6.45) is 1.85. The van der Waals surface area contributed by atoms with Gasteiger partial charge in [0.25, 0.3) is 0 Å². The van der Waals surface area contributed by atoms with Gasteiger partial charge < -0.3 is 0 Å². The van der Waals surface area contributed by atoms with E-state index in [2.05, 4.69) is 15.2 Å². The molecule has 1 N–H and O–H groups in total. The first-order valence-electron chi connectivity index (χ1n) is 6.29. The molecule has 0 radical (unpaired) electrons. The van der Waals surface area contributed by atoms with E-state index in [0.717, 1.165) is 22.5 Å². The summed E-state index contributed by atoms with van der Waals surface area (Å²) in [6, 6.07) is 2.99. The molecular weight excluding hydrogens is 302 g/mol. The summed E-state index contributed by atoms with van der Waals surface area (Å²) in [5.74, 6) is -1.75. The minimum absolute atomic E-state index is 0.116. The fraction of sp³-hybridized carbons (Fsp3) is 0.333. The van der Waals surface area contributed by atoms with Crippen molar-refractivity contribution in [2.24, 2.45) is 0 Å². The summed E-state index contributed by atoms with van der Waals surface area (Å²) < 4.78 is 53.2. The van der Waals surface area contributed by atoms with Crippen molar-refractivity contribution in [3.63, 3.8) is 0 Å². The van der Waals surface area contributed by atoms with Crippen LogP contribution in [-0.2, 0) is 10.0 Å². The maximum atomic E-state index is 13.7. The van der Waals surface area contributed by atoms with E-state index in [4.69, 9.17) is 0 Å². The maximum Gasteiger partial charge on any atom is 0.248 e. The summed E-state index contributed by atoms with van der Waals surface area (Å²) in [5.41, 5.74) is 0. The van der Waals surface area contributed by atoms with Crippen molar-refractivity contribution in [3.8, 4) is 0 Å². The zero-order valence-electron chi connectivity index (χ0n) is 10.8. The molecular formula is C12H12F2N4O2S. The molecule has 1 unspecified atom stereocenters. The number of hydrogen-bond donors (Lipinski definition) is 1. The Morgan fingerprint density at radius 1 is 1.29 bits per heavy atom. The predicted molar refractivity (Wildman–Crippen MR) is 68.9 cm³/mol. The summed E-state index contributed by atoms with van der Waals surface area (Å²) >= 11 is 0. The Morgan fingerprint density at radius 3 is 2.62 bits per heavy atom. The molecule has 6 nitrogen and oxygen atoms in total. The second kappa shape index (κ2) is 5.15. The molecule has 112 valence electrons. The monoisotopic (exact) mass is 314 g/mol. The van der Waals surface area contributed by atoms with Crippen LogP contribution in [0.25, 0.3) is 0 Å². The standard InChI is InChI=1S/C12H12F2N4O2S/c13-9-2-1-3-10(14)11(9)21(19,20)18-5-4-8(6-18)12-15-7-16-17-12/h1-3,7-8H,4-6H2,(H,15,16,17). The van der Waals surface area contributed by atoms with Crippen LogP contribution in [0.2, 0.25) is 0 Å². The third-order valence-corrected chi connectivity index (χ3v) is 5.41. The molecule has 0 amide bonds. The quantitative estimate of drug-likeness (QED) is 0.925.